The van der Waals surface area contributed by atoms with Gasteiger partial charge in [-0.1, -0.05) is 25.1 Å². The highest BCUT2D eigenvalue weighted by Gasteiger charge is 2.16. The molecule has 1 aromatic carbocycles. The average Bonchev–Trinajstić information content (AvgIpc) is 2.25. The molecule has 0 amide bonds. The van der Waals surface area contributed by atoms with Gasteiger partial charge >= 0.3 is 5.97 Å². The molecular formula is C13H16O3. The zero-order chi connectivity index (χ0) is 12.1. The van der Waals surface area contributed by atoms with Crippen molar-refractivity contribution >= 4 is 11.8 Å². The van der Waals surface area contributed by atoms with E-state index in [1.165, 1.54) is 0 Å². The van der Waals surface area contributed by atoms with E-state index in [2.05, 4.69) is 0 Å². The fourth-order valence-corrected chi connectivity index (χ4v) is 1.75. The smallest absolute Gasteiger partial charge is 0.335 e. The summed E-state index contributed by atoms with van der Waals surface area (Å²) in [4.78, 5) is 22.3. The quantitative estimate of drug-likeness (QED) is 0.829. The Morgan fingerprint density at radius 2 is 1.94 bits per heavy atom. The molecule has 1 unspecified atom stereocenters. The van der Waals surface area contributed by atoms with E-state index in [-0.39, 0.29) is 11.7 Å². The van der Waals surface area contributed by atoms with Crippen LogP contribution < -0.4 is 0 Å². The van der Waals surface area contributed by atoms with Gasteiger partial charge in [-0.25, -0.2) is 4.79 Å². The molecule has 1 rings (SSSR count). The summed E-state index contributed by atoms with van der Waals surface area (Å²) in [6.07, 6.45) is 1.25. The minimum atomic E-state index is -0.936. The second-order valence-electron chi connectivity index (χ2n) is 3.88. The van der Waals surface area contributed by atoms with Crippen LogP contribution in [-0.4, -0.2) is 16.9 Å². The Hall–Kier alpha value is -1.64. The van der Waals surface area contributed by atoms with E-state index in [9.17, 15) is 9.59 Å². The number of benzene rings is 1. The van der Waals surface area contributed by atoms with Gasteiger partial charge in [0.25, 0.3) is 0 Å². The van der Waals surface area contributed by atoms with Crippen LogP contribution in [0.3, 0.4) is 0 Å². The maximum atomic E-state index is 11.3. The third kappa shape index (κ3) is 2.92. The summed E-state index contributed by atoms with van der Waals surface area (Å²) >= 11 is 0. The van der Waals surface area contributed by atoms with Gasteiger partial charge in [0.1, 0.15) is 5.78 Å². The van der Waals surface area contributed by atoms with Crippen molar-refractivity contribution in [3.05, 3.63) is 35.4 Å². The summed E-state index contributed by atoms with van der Waals surface area (Å²) in [6.45, 7) is 3.49. The zero-order valence-electron chi connectivity index (χ0n) is 9.56. The van der Waals surface area contributed by atoms with Crippen molar-refractivity contribution in [1.29, 1.82) is 0 Å². The Bertz CT molecular complexity index is 396. The number of hydrogen-bond acceptors (Lipinski definition) is 2. The van der Waals surface area contributed by atoms with Crippen molar-refractivity contribution in [1.82, 2.24) is 0 Å². The Kier molecular flexibility index (Phi) is 4.23. The molecule has 0 aliphatic heterocycles. The standard InChI is InChI=1S/C13H16O3/c1-3-10(9(2)14)8-11-6-4-5-7-12(11)13(15)16/h4-7,10H,3,8H2,1-2H3,(H,15,16). The molecule has 1 aromatic rings. The van der Waals surface area contributed by atoms with Gasteiger partial charge in [0.05, 0.1) is 5.56 Å². The van der Waals surface area contributed by atoms with Crippen molar-refractivity contribution < 1.29 is 14.7 Å². The number of carbonyl (C=O) groups is 2. The lowest BCUT2D eigenvalue weighted by atomic mass is 9.91. The van der Waals surface area contributed by atoms with E-state index in [1.807, 2.05) is 6.92 Å². The molecule has 0 radical (unpaired) electrons. The number of carbonyl (C=O) groups excluding carboxylic acids is 1. The molecule has 86 valence electrons. The minimum absolute atomic E-state index is 0.0829. The lowest BCUT2D eigenvalue weighted by Crippen LogP contribution is -2.15. The van der Waals surface area contributed by atoms with Crippen LogP contribution >= 0.6 is 0 Å². The molecule has 1 atom stereocenters. The van der Waals surface area contributed by atoms with Crippen molar-refractivity contribution in [3.8, 4) is 0 Å². The first-order chi connectivity index (χ1) is 7.56. The first kappa shape index (κ1) is 12.4. The van der Waals surface area contributed by atoms with Crippen LogP contribution in [0.2, 0.25) is 0 Å². The molecule has 16 heavy (non-hydrogen) atoms. The van der Waals surface area contributed by atoms with E-state index in [0.29, 0.717) is 12.0 Å². The average molecular weight is 220 g/mol. The van der Waals surface area contributed by atoms with Gasteiger partial charge in [0.15, 0.2) is 0 Å². The van der Waals surface area contributed by atoms with Crippen LogP contribution in [0.15, 0.2) is 24.3 Å². The highest BCUT2D eigenvalue weighted by atomic mass is 16.4. The van der Waals surface area contributed by atoms with Crippen molar-refractivity contribution in [2.24, 2.45) is 5.92 Å². The number of hydrogen-bond donors (Lipinski definition) is 1. The Labute approximate surface area is 95.1 Å². The Morgan fingerprint density at radius 3 is 2.44 bits per heavy atom. The number of carboxylic acids is 1. The summed E-state index contributed by atoms with van der Waals surface area (Å²) in [7, 11) is 0. The first-order valence-electron chi connectivity index (χ1n) is 5.38. The zero-order valence-corrected chi connectivity index (χ0v) is 9.56. The predicted octanol–water partition coefficient (Wildman–Crippen LogP) is 2.54. The lowest BCUT2D eigenvalue weighted by molar-refractivity contribution is -0.120. The second-order valence-corrected chi connectivity index (χ2v) is 3.88. The monoisotopic (exact) mass is 220 g/mol. The van der Waals surface area contributed by atoms with Gasteiger partial charge in [0, 0.05) is 5.92 Å². The highest BCUT2D eigenvalue weighted by molar-refractivity contribution is 5.89. The number of aromatic carboxylic acids is 1. The molecule has 0 heterocycles. The lowest BCUT2D eigenvalue weighted by Gasteiger charge is -2.12. The molecule has 3 heteroatoms. The Morgan fingerprint density at radius 1 is 1.31 bits per heavy atom. The highest BCUT2D eigenvalue weighted by Crippen LogP contribution is 2.17. The van der Waals surface area contributed by atoms with E-state index in [1.54, 1.807) is 31.2 Å². The molecule has 0 fully saturated rings. The number of Topliss-reactive ketones (excluding diaryl/α,β-unsaturated/α-hetero) is 1. The first-order valence-corrected chi connectivity index (χ1v) is 5.38. The number of rotatable bonds is 5. The summed E-state index contributed by atoms with van der Waals surface area (Å²) in [5.74, 6) is -0.905. The summed E-state index contributed by atoms with van der Waals surface area (Å²) < 4.78 is 0. The third-order valence-electron chi connectivity index (χ3n) is 2.78. The van der Waals surface area contributed by atoms with E-state index < -0.39 is 5.97 Å². The van der Waals surface area contributed by atoms with Crippen LogP contribution in [-0.2, 0) is 11.2 Å². The molecule has 0 saturated heterocycles. The number of ketones is 1. The third-order valence-corrected chi connectivity index (χ3v) is 2.78. The fourth-order valence-electron chi connectivity index (χ4n) is 1.75. The van der Waals surface area contributed by atoms with E-state index in [0.717, 1.165) is 12.0 Å². The summed E-state index contributed by atoms with van der Waals surface area (Å²) in [5.41, 5.74) is 1.03. The van der Waals surface area contributed by atoms with E-state index in [4.69, 9.17) is 5.11 Å². The molecule has 1 N–H and O–H groups in total. The SMILES string of the molecule is CCC(Cc1ccccc1C(=O)O)C(C)=O. The number of carboxylic acid groups (broad SMARTS) is 1. The molecular weight excluding hydrogens is 204 g/mol. The molecule has 0 aliphatic carbocycles. The Balaban J connectivity index is 2.95. The largest absolute Gasteiger partial charge is 0.478 e. The molecule has 0 aliphatic rings. The molecule has 0 aromatic heterocycles. The van der Waals surface area contributed by atoms with Crippen LogP contribution in [0, 0.1) is 5.92 Å². The topological polar surface area (TPSA) is 54.4 Å². The molecule has 0 bridgehead atoms. The van der Waals surface area contributed by atoms with Crippen LogP contribution in [0.4, 0.5) is 0 Å². The maximum absolute atomic E-state index is 11.3. The predicted molar refractivity (Wildman–Crippen MR) is 61.6 cm³/mol. The second kappa shape index (κ2) is 5.45. The van der Waals surface area contributed by atoms with E-state index >= 15 is 0 Å². The van der Waals surface area contributed by atoms with Gasteiger partial charge in [-0.15, -0.1) is 0 Å². The fraction of sp³-hybridized carbons (Fsp3) is 0.385. The minimum Gasteiger partial charge on any atom is -0.478 e. The van der Waals surface area contributed by atoms with Gasteiger partial charge < -0.3 is 5.11 Å². The molecule has 3 nitrogen and oxygen atoms in total. The van der Waals surface area contributed by atoms with Crippen LogP contribution in [0.1, 0.15) is 36.2 Å². The summed E-state index contributed by atoms with van der Waals surface area (Å²) in [5, 5.41) is 9.00. The normalized spacial score (nSPS) is 12.1. The van der Waals surface area contributed by atoms with Crippen molar-refractivity contribution in [2.45, 2.75) is 26.7 Å². The van der Waals surface area contributed by atoms with Crippen LogP contribution in [0.5, 0.6) is 0 Å². The van der Waals surface area contributed by atoms with Crippen molar-refractivity contribution in [2.75, 3.05) is 0 Å². The summed E-state index contributed by atoms with van der Waals surface area (Å²) in [6, 6.07) is 6.84. The molecule has 0 spiro atoms. The van der Waals surface area contributed by atoms with Gasteiger partial charge in [-0.2, -0.15) is 0 Å². The van der Waals surface area contributed by atoms with Crippen molar-refractivity contribution in [3.63, 3.8) is 0 Å². The van der Waals surface area contributed by atoms with Crippen LogP contribution in [0.25, 0.3) is 0 Å². The van der Waals surface area contributed by atoms with Gasteiger partial charge in [-0.05, 0) is 31.4 Å². The maximum Gasteiger partial charge on any atom is 0.335 e. The van der Waals surface area contributed by atoms with Gasteiger partial charge in [0.2, 0.25) is 0 Å². The molecule has 0 saturated carbocycles. The van der Waals surface area contributed by atoms with Gasteiger partial charge in [-0.3, -0.25) is 4.79 Å².